The summed E-state index contributed by atoms with van der Waals surface area (Å²) in [5.74, 6) is 2.11. The van der Waals surface area contributed by atoms with Crippen LogP contribution in [0.2, 0.25) is 0 Å². The van der Waals surface area contributed by atoms with Crippen molar-refractivity contribution in [3.8, 4) is 17.1 Å². The fraction of sp³-hybridized carbons (Fsp3) is 0.444. The molecule has 7 heteroatoms. The number of methoxy groups -OCH3 is 1. The third-order valence-electron chi connectivity index (χ3n) is 6.62. The molecule has 1 aliphatic rings. The lowest BCUT2D eigenvalue weighted by atomic mass is 9.86. The van der Waals surface area contributed by atoms with Crippen molar-refractivity contribution in [3.63, 3.8) is 0 Å². The molecule has 3 unspecified atom stereocenters. The van der Waals surface area contributed by atoms with Gasteiger partial charge in [0.25, 0.3) is 0 Å². The van der Waals surface area contributed by atoms with Crippen LogP contribution in [0.15, 0.2) is 59.8 Å². The first-order chi connectivity index (χ1) is 16.6. The minimum Gasteiger partial charge on any atom is -0.496 e. The Kier molecular flexibility index (Phi) is 8.27. The molecule has 0 saturated heterocycles. The Hall–Kier alpha value is -2.80. The summed E-state index contributed by atoms with van der Waals surface area (Å²) in [7, 11) is 1.66. The number of rotatable bonds is 9. The van der Waals surface area contributed by atoms with Crippen LogP contribution in [0.4, 0.5) is 0 Å². The summed E-state index contributed by atoms with van der Waals surface area (Å²) < 4.78 is 7.70. The van der Waals surface area contributed by atoms with Crippen LogP contribution in [0.1, 0.15) is 45.1 Å². The van der Waals surface area contributed by atoms with Crippen molar-refractivity contribution in [1.82, 2.24) is 20.1 Å². The Balaban J connectivity index is 1.56. The highest BCUT2D eigenvalue weighted by Gasteiger charge is 2.27. The van der Waals surface area contributed by atoms with Crippen LogP contribution in [0, 0.1) is 5.92 Å². The molecule has 0 aliphatic heterocycles. The van der Waals surface area contributed by atoms with Gasteiger partial charge in [0.2, 0.25) is 5.91 Å². The van der Waals surface area contributed by atoms with Crippen molar-refractivity contribution in [2.24, 2.45) is 5.92 Å². The first-order valence-electron chi connectivity index (χ1n) is 12.1. The fourth-order valence-corrected chi connectivity index (χ4v) is 5.42. The van der Waals surface area contributed by atoms with E-state index in [-0.39, 0.29) is 17.2 Å². The van der Waals surface area contributed by atoms with E-state index in [1.807, 2.05) is 37.3 Å². The Bertz CT molecular complexity index is 1090. The largest absolute Gasteiger partial charge is 0.496 e. The van der Waals surface area contributed by atoms with E-state index in [2.05, 4.69) is 51.3 Å². The molecule has 180 valence electrons. The van der Waals surface area contributed by atoms with Crippen LogP contribution in [0.25, 0.3) is 11.4 Å². The maximum Gasteiger partial charge on any atom is 0.233 e. The van der Waals surface area contributed by atoms with Crippen LogP contribution in [-0.4, -0.2) is 39.1 Å². The number of benzene rings is 2. The van der Waals surface area contributed by atoms with Gasteiger partial charge in [-0.05, 0) is 49.8 Å². The molecule has 4 rings (SSSR count). The first kappa shape index (κ1) is 24.3. The normalized spacial score (nSPS) is 18.9. The molecule has 1 amide bonds. The molecular weight excluding hydrogens is 444 g/mol. The maximum absolute atomic E-state index is 13.0. The predicted octanol–water partition coefficient (Wildman–Crippen LogP) is 5.37. The van der Waals surface area contributed by atoms with Crippen molar-refractivity contribution >= 4 is 17.7 Å². The summed E-state index contributed by atoms with van der Waals surface area (Å²) in [6, 6.07) is 18.5. The van der Waals surface area contributed by atoms with E-state index in [1.165, 1.54) is 36.6 Å². The van der Waals surface area contributed by atoms with Gasteiger partial charge in [-0.1, -0.05) is 74.0 Å². The van der Waals surface area contributed by atoms with Crippen LogP contribution in [0.3, 0.4) is 0 Å². The quantitative estimate of drug-likeness (QED) is 0.419. The molecule has 34 heavy (non-hydrogen) atoms. The van der Waals surface area contributed by atoms with Gasteiger partial charge in [-0.15, -0.1) is 10.2 Å². The Morgan fingerprint density at radius 1 is 1.12 bits per heavy atom. The number of thioether (sulfide) groups is 1. The number of nitrogens with one attached hydrogen (secondary N) is 1. The fourth-order valence-electron chi connectivity index (χ4n) is 4.53. The maximum atomic E-state index is 13.0. The standard InChI is InChI=1S/C27H34N4O2S/c1-19-11-7-9-15-23(19)28-26(32)20(2)34-27-30-29-25(22-14-8-10-16-24(22)33-3)31(27)18-17-21-12-5-4-6-13-21/h4-6,8,10,12-14,16,19-20,23H,7,9,11,15,17-18H2,1-3H3,(H,28,32). The van der Waals surface area contributed by atoms with Gasteiger partial charge >= 0.3 is 0 Å². The average Bonchev–Trinajstić information content (AvgIpc) is 3.26. The second-order valence-corrected chi connectivity index (χ2v) is 10.3. The highest BCUT2D eigenvalue weighted by atomic mass is 32.2. The van der Waals surface area contributed by atoms with E-state index in [0.717, 1.165) is 35.1 Å². The number of para-hydroxylation sites is 1. The molecule has 0 spiro atoms. The average molecular weight is 479 g/mol. The van der Waals surface area contributed by atoms with Crippen LogP contribution >= 0.6 is 11.8 Å². The minimum atomic E-state index is -0.265. The van der Waals surface area contributed by atoms with Gasteiger partial charge in [0.1, 0.15) is 5.75 Å². The van der Waals surface area contributed by atoms with Crippen LogP contribution in [0.5, 0.6) is 5.75 Å². The van der Waals surface area contributed by atoms with E-state index >= 15 is 0 Å². The van der Waals surface area contributed by atoms with Gasteiger partial charge in [-0.2, -0.15) is 0 Å². The van der Waals surface area contributed by atoms with Gasteiger partial charge in [-0.3, -0.25) is 4.79 Å². The van der Waals surface area contributed by atoms with E-state index in [0.29, 0.717) is 12.5 Å². The number of hydrogen-bond acceptors (Lipinski definition) is 5. The number of nitrogens with zero attached hydrogens (tertiary/aromatic N) is 3. The molecule has 2 aromatic carbocycles. The van der Waals surface area contributed by atoms with Crippen LogP contribution < -0.4 is 10.1 Å². The molecule has 1 N–H and O–H groups in total. The Labute approximate surface area is 206 Å². The first-order valence-corrected chi connectivity index (χ1v) is 13.0. The summed E-state index contributed by atoms with van der Waals surface area (Å²) in [5, 5.41) is 12.8. The second kappa shape index (κ2) is 11.6. The molecule has 1 saturated carbocycles. The lowest BCUT2D eigenvalue weighted by molar-refractivity contribution is -0.121. The number of hydrogen-bond donors (Lipinski definition) is 1. The highest BCUT2D eigenvalue weighted by molar-refractivity contribution is 8.00. The van der Waals surface area contributed by atoms with E-state index < -0.39 is 0 Å². The zero-order chi connectivity index (χ0) is 23.9. The predicted molar refractivity (Wildman–Crippen MR) is 137 cm³/mol. The van der Waals surface area contributed by atoms with Crippen molar-refractivity contribution in [3.05, 3.63) is 60.2 Å². The van der Waals surface area contributed by atoms with Gasteiger partial charge < -0.3 is 14.6 Å². The molecule has 0 bridgehead atoms. The molecule has 1 aromatic heterocycles. The smallest absolute Gasteiger partial charge is 0.233 e. The number of carbonyl (C=O) groups excluding carboxylic acids is 1. The molecule has 1 aliphatic carbocycles. The lowest BCUT2D eigenvalue weighted by Gasteiger charge is -2.30. The number of amides is 1. The van der Waals surface area contributed by atoms with Crippen molar-refractivity contribution < 1.29 is 9.53 Å². The summed E-state index contributed by atoms with van der Waals surface area (Å²) in [4.78, 5) is 13.0. The zero-order valence-corrected chi connectivity index (χ0v) is 21.1. The highest BCUT2D eigenvalue weighted by Crippen LogP contribution is 2.32. The summed E-state index contributed by atoms with van der Waals surface area (Å²) in [5.41, 5.74) is 2.14. The topological polar surface area (TPSA) is 69.0 Å². The number of aryl methyl sites for hydroxylation is 1. The lowest BCUT2D eigenvalue weighted by Crippen LogP contribution is -2.44. The second-order valence-electron chi connectivity index (χ2n) is 9.03. The van der Waals surface area contributed by atoms with Gasteiger partial charge in [-0.25, -0.2) is 0 Å². The molecule has 1 fully saturated rings. The van der Waals surface area contributed by atoms with Crippen molar-refractivity contribution in [2.45, 2.75) is 68.9 Å². The zero-order valence-electron chi connectivity index (χ0n) is 20.2. The van der Waals surface area contributed by atoms with Crippen molar-refractivity contribution in [1.29, 1.82) is 0 Å². The molecule has 6 nitrogen and oxygen atoms in total. The summed E-state index contributed by atoms with van der Waals surface area (Å²) >= 11 is 1.47. The number of ether oxygens (including phenoxy) is 1. The monoisotopic (exact) mass is 478 g/mol. The molecule has 1 heterocycles. The van der Waals surface area contributed by atoms with Gasteiger partial charge in [0.05, 0.1) is 17.9 Å². The Morgan fingerprint density at radius 3 is 2.62 bits per heavy atom. The van der Waals surface area contributed by atoms with Crippen LogP contribution in [-0.2, 0) is 17.8 Å². The summed E-state index contributed by atoms with van der Waals surface area (Å²) in [6.45, 7) is 4.90. The van der Waals surface area contributed by atoms with Gasteiger partial charge in [0.15, 0.2) is 11.0 Å². The third-order valence-corrected chi connectivity index (χ3v) is 7.70. The SMILES string of the molecule is COc1ccccc1-c1nnc(SC(C)C(=O)NC2CCCCC2C)n1CCc1ccccc1. The van der Waals surface area contributed by atoms with Crippen molar-refractivity contribution in [2.75, 3.05) is 7.11 Å². The van der Waals surface area contributed by atoms with E-state index in [1.54, 1.807) is 7.11 Å². The number of aromatic nitrogens is 3. The molecule has 3 atom stereocenters. The molecule has 0 radical (unpaired) electrons. The van der Waals surface area contributed by atoms with E-state index in [4.69, 9.17) is 4.74 Å². The molecular formula is C27H34N4O2S. The number of carbonyl (C=O) groups is 1. The van der Waals surface area contributed by atoms with E-state index in [9.17, 15) is 4.79 Å². The third kappa shape index (κ3) is 5.81. The molecule has 3 aromatic rings. The van der Waals surface area contributed by atoms with Gasteiger partial charge in [0, 0.05) is 12.6 Å². The minimum absolute atomic E-state index is 0.0696. The Morgan fingerprint density at radius 2 is 1.85 bits per heavy atom. The summed E-state index contributed by atoms with van der Waals surface area (Å²) in [6.07, 6.45) is 5.54.